The highest BCUT2D eigenvalue weighted by Crippen LogP contribution is 2.40. The number of hydrogen-bond donors (Lipinski definition) is 1. The first-order valence-corrected chi connectivity index (χ1v) is 7.20. The second-order valence-corrected chi connectivity index (χ2v) is 7.19. The Balaban J connectivity index is 1.94. The molecule has 2 aliphatic carbocycles. The minimum Gasteiger partial charge on any atom is -0.353 e. The summed E-state index contributed by atoms with van der Waals surface area (Å²) in [6.45, 7) is 9.10. The molecule has 4 atom stereocenters. The van der Waals surface area contributed by atoms with E-state index in [1.165, 1.54) is 25.7 Å². The van der Waals surface area contributed by atoms with Crippen LogP contribution in [-0.2, 0) is 4.79 Å². The van der Waals surface area contributed by atoms with Gasteiger partial charge in [-0.3, -0.25) is 4.79 Å². The van der Waals surface area contributed by atoms with E-state index in [2.05, 4.69) is 33.0 Å². The first kappa shape index (κ1) is 12.9. The maximum atomic E-state index is 12.0. The van der Waals surface area contributed by atoms with E-state index in [4.69, 9.17) is 0 Å². The van der Waals surface area contributed by atoms with Crippen molar-refractivity contribution in [3.63, 3.8) is 0 Å². The highest BCUT2D eigenvalue weighted by molar-refractivity contribution is 5.81. The van der Waals surface area contributed by atoms with Crippen LogP contribution in [0.15, 0.2) is 0 Å². The van der Waals surface area contributed by atoms with Crippen LogP contribution in [0.1, 0.15) is 59.8 Å². The third-order valence-corrected chi connectivity index (χ3v) is 4.65. The van der Waals surface area contributed by atoms with E-state index in [-0.39, 0.29) is 0 Å². The van der Waals surface area contributed by atoms with Gasteiger partial charge in [0.05, 0.1) is 0 Å². The Hall–Kier alpha value is -0.530. The van der Waals surface area contributed by atoms with E-state index < -0.39 is 0 Å². The molecule has 0 aromatic carbocycles. The molecule has 17 heavy (non-hydrogen) atoms. The van der Waals surface area contributed by atoms with Crippen LogP contribution in [0.25, 0.3) is 0 Å². The van der Waals surface area contributed by atoms with E-state index in [1.54, 1.807) is 0 Å². The zero-order valence-electron chi connectivity index (χ0n) is 11.8. The SMILES string of the molecule is C[C@@H]1C[C@@H]1C(=O)N[C@H]1CCCC[C@@H]1C(C)(C)C. The maximum Gasteiger partial charge on any atom is 0.223 e. The van der Waals surface area contributed by atoms with Crippen molar-refractivity contribution in [3.8, 4) is 0 Å². The van der Waals surface area contributed by atoms with Crippen LogP contribution < -0.4 is 5.32 Å². The van der Waals surface area contributed by atoms with Crippen LogP contribution in [0.4, 0.5) is 0 Å². The lowest BCUT2D eigenvalue weighted by molar-refractivity contribution is -0.124. The molecular weight excluding hydrogens is 210 g/mol. The van der Waals surface area contributed by atoms with Gasteiger partial charge >= 0.3 is 0 Å². The van der Waals surface area contributed by atoms with E-state index in [0.29, 0.717) is 35.1 Å². The second kappa shape index (κ2) is 4.62. The lowest BCUT2D eigenvalue weighted by atomic mass is 9.69. The molecule has 1 amide bonds. The van der Waals surface area contributed by atoms with Crippen molar-refractivity contribution < 1.29 is 4.79 Å². The molecular formula is C15H27NO. The molecule has 98 valence electrons. The van der Waals surface area contributed by atoms with Crippen LogP contribution in [-0.4, -0.2) is 11.9 Å². The average molecular weight is 237 g/mol. The van der Waals surface area contributed by atoms with Crippen molar-refractivity contribution in [3.05, 3.63) is 0 Å². The summed E-state index contributed by atoms with van der Waals surface area (Å²) < 4.78 is 0. The molecule has 2 saturated carbocycles. The standard InChI is InChI=1S/C15H27NO/c1-10-9-11(10)14(17)16-13-8-6-5-7-12(13)15(2,3)4/h10-13H,5-9H2,1-4H3,(H,16,17)/t10-,11+,12+,13+/m1/s1. The molecule has 0 bridgehead atoms. The van der Waals surface area contributed by atoms with Crippen molar-refractivity contribution in [2.45, 2.75) is 65.8 Å². The minimum absolute atomic E-state index is 0.313. The van der Waals surface area contributed by atoms with Crippen LogP contribution in [0.5, 0.6) is 0 Å². The van der Waals surface area contributed by atoms with Crippen molar-refractivity contribution in [2.75, 3.05) is 0 Å². The molecule has 2 rings (SSSR count). The third-order valence-electron chi connectivity index (χ3n) is 4.65. The molecule has 0 aromatic heterocycles. The first-order valence-electron chi connectivity index (χ1n) is 7.20. The van der Waals surface area contributed by atoms with Gasteiger partial charge in [-0.2, -0.15) is 0 Å². The Labute approximate surface area is 106 Å². The molecule has 1 N–H and O–H groups in total. The smallest absolute Gasteiger partial charge is 0.223 e. The Morgan fingerprint density at radius 2 is 1.76 bits per heavy atom. The fourth-order valence-electron chi connectivity index (χ4n) is 3.32. The summed E-state index contributed by atoms with van der Waals surface area (Å²) in [4.78, 5) is 12.0. The van der Waals surface area contributed by atoms with Crippen LogP contribution >= 0.6 is 0 Å². The highest BCUT2D eigenvalue weighted by atomic mass is 16.2. The molecule has 0 aliphatic heterocycles. The van der Waals surface area contributed by atoms with Gasteiger partial charge in [-0.15, -0.1) is 0 Å². The lowest BCUT2D eigenvalue weighted by Crippen LogP contribution is -2.47. The van der Waals surface area contributed by atoms with E-state index in [1.807, 2.05) is 0 Å². The Morgan fingerprint density at radius 3 is 2.29 bits per heavy atom. The van der Waals surface area contributed by atoms with Gasteiger partial charge in [0, 0.05) is 12.0 Å². The number of nitrogens with one attached hydrogen (secondary N) is 1. The highest BCUT2D eigenvalue weighted by Gasteiger charge is 2.42. The Morgan fingerprint density at radius 1 is 1.18 bits per heavy atom. The van der Waals surface area contributed by atoms with Gasteiger partial charge in [-0.25, -0.2) is 0 Å². The summed E-state index contributed by atoms with van der Waals surface area (Å²) in [5.74, 6) is 1.90. The zero-order chi connectivity index (χ0) is 12.6. The van der Waals surface area contributed by atoms with Gasteiger partial charge in [-0.05, 0) is 36.5 Å². The van der Waals surface area contributed by atoms with Gasteiger partial charge in [0.15, 0.2) is 0 Å². The Kier molecular flexibility index (Phi) is 3.51. The predicted molar refractivity (Wildman–Crippen MR) is 70.6 cm³/mol. The van der Waals surface area contributed by atoms with E-state index in [0.717, 1.165) is 6.42 Å². The largest absolute Gasteiger partial charge is 0.353 e. The Bertz CT molecular complexity index is 292. The van der Waals surface area contributed by atoms with Crippen molar-refractivity contribution >= 4 is 5.91 Å². The zero-order valence-corrected chi connectivity index (χ0v) is 11.8. The van der Waals surface area contributed by atoms with E-state index >= 15 is 0 Å². The number of carbonyl (C=O) groups is 1. The van der Waals surface area contributed by atoms with Gasteiger partial charge in [0.2, 0.25) is 5.91 Å². The topological polar surface area (TPSA) is 29.1 Å². The van der Waals surface area contributed by atoms with Crippen LogP contribution in [0, 0.1) is 23.2 Å². The van der Waals surface area contributed by atoms with Gasteiger partial charge in [0.1, 0.15) is 0 Å². The molecule has 0 saturated heterocycles. The predicted octanol–water partition coefficient (Wildman–Crippen LogP) is 3.36. The van der Waals surface area contributed by atoms with Crippen LogP contribution in [0.2, 0.25) is 0 Å². The first-order chi connectivity index (χ1) is 7.89. The lowest BCUT2D eigenvalue weighted by Gasteiger charge is -2.40. The minimum atomic E-state index is 0.313. The average Bonchev–Trinajstić information content (AvgIpc) is 2.95. The molecule has 2 aliphatic rings. The van der Waals surface area contributed by atoms with Crippen molar-refractivity contribution in [1.29, 1.82) is 0 Å². The fourth-order valence-corrected chi connectivity index (χ4v) is 3.32. The number of amides is 1. The summed E-state index contributed by atoms with van der Waals surface area (Å²) in [5.41, 5.74) is 0.313. The van der Waals surface area contributed by atoms with Crippen LogP contribution in [0.3, 0.4) is 0 Å². The number of rotatable bonds is 2. The molecule has 2 fully saturated rings. The summed E-state index contributed by atoms with van der Waals surface area (Å²) in [6.07, 6.45) is 6.15. The molecule has 0 unspecified atom stereocenters. The molecule has 0 spiro atoms. The normalized spacial score (nSPS) is 37.6. The van der Waals surface area contributed by atoms with Crippen molar-refractivity contribution in [1.82, 2.24) is 5.32 Å². The van der Waals surface area contributed by atoms with Gasteiger partial charge < -0.3 is 5.32 Å². The molecule has 2 heteroatoms. The molecule has 0 aromatic rings. The number of carbonyl (C=O) groups excluding carboxylic acids is 1. The van der Waals surface area contributed by atoms with Gasteiger partial charge in [-0.1, -0.05) is 40.5 Å². The third kappa shape index (κ3) is 3.02. The summed E-state index contributed by atoms with van der Waals surface area (Å²) >= 11 is 0. The molecule has 0 radical (unpaired) electrons. The van der Waals surface area contributed by atoms with Gasteiger partial charge in [0.25, 0.3) is 0 Å². The maximum absolute atomic E-state index is 12.0. The molecule has 2 nitrogen and oxygen atoms in total. The number of hydrogen-bond acceptors (Lipinski definition) is 1. The fraction of sp³-hybridized carbons (Fsp3) is 0.933. The summed E-state index contributed by atoms with van der Waals surface area (Å²) in [7, 11) is 0. The second-order valence-electron chi connectivity index (χ2n) is 7.19. The summed E-state index contributed by atoms with van der Waals surface area (Å²) in [5, 5.41) is 3.33. The quantitative estimate of drug-likeness (QED) is 0.784. The summed E-state index contributed by atoms with van der Waals surface area (Å²) in [6, 6.07) is 0.420. The van der Waals surface area contributed by atoms with Crippen molar-refractivity contribution in [2.24, 2.45) is 23.2 Å². The monoisotopic (exact) mass is 237 g/mol. The van der Waals surface area contributed by atoms with E-state index in [9.17, 15) is 4.79 Å². The molecule has 0 heterocycles.